The third-order valence-electron chi connectivity index (χ3n) is 3.29. The van der Waals surface area contributed by atoms with Crippen LogP contribution in [0.25, 0.3) is 11.0 Å². The molecule has 1 atom stereocenters. The topological polar surface area (TPSA) is 107 Å². The molecule has 1 heterocycles. The Kier molecular flexibility index (Phi) is 3.43. The largest absolute Gasteiger partial charge is 0.399 e. The predicted molar refractivity (Wildman–Crippen MR) is 77.9 cm³/mol. The summed E-state index contributed by atoms with van der Waals surface area (Å²) in [4.78, 5) is 15.7. The van der Waals surface area contributed by atoms with Crippen molar-refractivity contribution in [2.75, 3.05) is 5.73 Å². The molecule has 2 aromatic rings. The Labute approximate surface area is 117 Å². The lowest BCUT2D eigenvalue weighted by atomic mass is 9.99. The summed E-state index contributed by atoms with van der Waals surface area (Å²) in [6, 6.07) is 5.36. The number of primary amides is 1. The molecule has 0 spiro atoms. The zero-order chi connectivity index (χ0) is 15.1. The summed E-state index contributed by atoms with van der Waals surface area (Å²) in [5, 5.41) is 9.94. The molecule has 6 nitrogen and oxygen atoms in total. The molecule has 1 aromatic heterocycles. The molecule has 0 bridgehead atoms. The van der Waals surface area contributed by atoms with Gasteiger partial charge in [0.1, 0.15) is 11.9 Å². The molecule has 0 saturated heterocycles. The maximum absolute atomic E-state index is 11.3. The van der Waals surface area contributed by atoms with E-state index in [4.69, 9.17) is 11.5 Å². The highest BCUT2D eigenvalue weighted by Crippen LogP contribution is 2.31. The van der Waals surface area contributed by atoms with Crippen LogP contribution in [0, 0.1) is 0 Å². The summed E-state index contributed by atoms with van der Waals surface area (Å²) >= 11 is 0. The Morgan fingerprint density at radius 1 is 1.50 bits per heavy atom. The maximum Gasteiger partial charge on any atom is 0.219 e. The Morgan fingerprint density at radius 3 is 2.70 bits per heavy atom. The Balaban J connectivity index is 2.71. The Morgan fingerprint density at radius 2 is 2.15 bits per heavy atom. The summed E-state index contributed by atoms with van der Waals surface area (Å²) in [6.45, 7) is 5.42. The molecule has 0 aliphatic heterocycles. The van der Waals surface area contributed by atoms with Crippen LogP contribution in [-0.2, 0) is 10.3 Å². The fourth-order valence-electron chi connectivity index (χ4n) is 2.54. The first-order valence-corrected chi connectivity index (χ1v) is 6.47. The standard InChI is InChI=1S/C14H20N4O2/c1-8(19)13-17-10-6-9(15)4-5-11(10)18(13)14(2,3)7-12(16)20/h4-6,8,19H,7,15H2,1-3H3,(H2,16,20). The van der Waals surface area contributed by atoms with Crippen LogP contribution in [0.1, 0.15) is 39.1 Å². The van der Waals surface area contributed by atoms with Crippen molar-refractivity contribution < 1.29 is 9.90 Å². The van der Waals surface area contributed by atoms with Crippen LogP contribution < -0.4 is 11.5 Å². The first kappa shape index (κ1) is 14.3. The fraction of sp³-hybridized carbons (Fsp3) is 0.429. The lowest BCUT2D eigenvalue weighted by Crippen LogP contribution is -2.33. The highest BCUT2D eigenvalue weighted by atomic mass is 16.3. The quantitative estimate of drug-likeness (QED) is 0.731. The first-order chi connectivity index (χ1) is 9.22. The van der Waals surface area contributed by atoms with E-state index in [1.54, 1.807) is 19.1 Å². The van der Waals surface area contributed by atoms with Crippen molar-refractivity contribution in [1.29, 1.82) is 0 Å². The van der Waals surface area contributed by atoms with E-state index in [0.29, 0.717) is 17.0 Å². The molecule has 20 heavy (non-hydrogen) atoms. The molecule has 1 aromatic carbocycles. The second-order valence-corrected chi connectivity index (χ2v) is 5.69. The molecule has 5 N–H and O–H groups in total. The molecule has 1 amide bonds. The van der Waals surface area contributed by atoms with Crippen molar-refractivity contribution in [3.05, 3.63) is 24.0 Å². The van der Waals surface area contributed by atoms with E-state index in [1.165, 1.54) is 0 Å². The molecule has 6 heteroatoms. The van der Waals surface area contributed by atoms with E-state index < -0.39 is 17.6 Å². The van der Waals surface area contributed by atoms with Gasteiger partial charge in [-0.25, -0.2) is 4.98 Å². The van der Waals surface area contributed by atoms with Gasteiger partial charge in [-0.2, -0.15) is 0 Å². The average molecular weight is 276 g/mol. The maximum atomic E-state index is 11.3. The molecule has 2 rings (SSSR count). The van der Waals surface area contributed by atoms with Crippen LogP contribution in [0.2, 0.25) is 0 Å². The molecule has 108 valence electrons. The number of nitrogen functional groups attached to an aromatic ring is 1. The van der Waals surface area contributed by atoms with E-state index in [9.17, 15) is 9.90 Å². The van der Waals surface area contributed by atoms with Gasteiger partial charge < -0.3 is 21.1 Å². The normalized spacial score (nSPS) is 13.6. The SMILES string of the molecule is CC(O)c1nc2cc(N)ccc2n1C(C)(C)CC(N)=O. The zero-order valence-corrected chi connectivity index (χ0v) is 11.9. The van der Waals surface area contributed by atoms with Crippen molar-refractivity contribution in [3.63, 3.8) is 0 Å². The number of anilines is 1. The van der Waals surface area contributed by atoms with E-state index in [2.05, 4.69) is 4.98 Å². The van der Waals surface area contributed by atoms with Gasteiger partial charge in [-0.15, -0.1) is 0 Å². The minimum Gasteiger partial charge on any atom is -0.399 e. The predicted octanol–water partition coefficient (Wildman–Crippen LogP) is 1.28. The summed E-state index contributed by atoms with van der Waals surface area (Å²) in [5.41, 5.74) is 12.6. The van der Waals surface area contributed by atoms with Gasteiger partial charge in [-0.05, 0) is 39.0 Å². The first-order valence-electron chi connectivity index (χ1n) is 6.47. The summed E-state index contributed by atoms with van der Waals surface area (Å²) in [7, 11) is 0. The number of benzene rings is 1. The van der Waals surface area contributed by atoms with Gasteiger partial charge in [0.2, 0.25) is 5.91 Å². The van der Waals surface area contributed by atoms with Crippen molar-refractivity contribution in [3.8, 4) is 0 Å². The van der Waals surface area contributed by atoms with Gasteiger partial charge >= 0.3 is 0 Å². The number of hydrogen-bond acceptors (Lipinski definition) is 4. The molecule has 0 fully saturated rings. The number of nitrogens with zero attached hydrogens (tertiary/aromatic N) is 2. The lowest BCUT2D eigenvalue weighted by Gasteiger charge is -2.29. The van der Waals surface area contributed by atoms with Crippen LogP contribution in [0.5, 0.6) is 0 Å². The fourth-order valence-corrected chi connectivity index (χ4v) is 2.54. The van der Waals surface area contributed by atoms with Gasteiger partial charge in [0.25, 0.3) is 0 Å². The summed E-state index contributed by atoms with van der Waals surface area (Å²) in [6.07, 6.45) is -0.599. The van der Waals surface area contributed by atoms with Crippen molar-refractivity contribution in [2.45, 2.75) is 38.8 Å². The zero-order valence-electron chi connectivity index (χ0n) is 11.9. The smallest absolute Gasteiger partial charge is 0.219 e. The van der Waals surface area contributed by atoms with Gasteiger partial charge in [0.05, 0.1) is 11.0 Å². The highest BCUT2D eigenvalue weighted by molar-refractivity contribution is 5.81. The van der Waals surface area contributed by atoms with Gasteiger partial charge in [0.15, 0.2) is 0 Å². The van der Waals surface area contributed by atoms with Gasteiger partial charge in [-0.3, -0.25) is 4.79 Å². The number of rotatable bonds is 4. The number of aliphatic hydroxyl groups is 1. The number of aliphatic hydroxyl groups excluding tert-OH is 1. The van der Waals surface area contributed by atoms with Crippen LogP contribution >= 0.6 is 0 Å². The lowest BCUT2D eigenvalue weighted by molar-refractivity contribution is -0.119. The van der Waals surface area contributed by atoms with E-state index >= 15 is 0 Å². The van der Waals surface area contributed by atoms with E-state index in [-0.39, 0.29) is 6.42 Å². The Bertz CT molecular complexity index is 658. The number of aromatic nitrogens is 2. The molecule has 0 aliphatic carbocycles. The second kappa shape index (κ2) is 4.79. The van der Waals surface area contributed by atoms with E-state index in [0.717, 1.165) is 5.52 Å². The number of fused-ring (bicyclic) bond motifs is 1. The third-order valence-corrected chi connectivity index (χ3v) is 3.29. The third kappa shape index (κ3) is 2.46. The van der Waals surface area contributed by atoms with Crippen molar-refractivity contribution in [1.82, 2.24) is 9.55 Å². The molecular weight excluding hydrogens is 256 g/mol. The average Bonchev–Trinajstić information content (AvgIpc) is 2.66. The highest BCUT2D eigenvalue weighted by Gasteiger charge is 2.29. The number of imidazole rings is 1. The molecule has 1 unspecified atom stereocenters. The molecular formula is C14H20N4O2. The van der Waals surface area contributed by atoms with Crippen LogP contribution in [-0.4, -0.2) is 20.6 Å². The van der Waals surface area contributed by atoms with Crippen LogP contribution in [0.4, 0.5) is 5.69 Å². The van der Waals surface area contributed by atoms with Crippen molar-refractivity contribution in [2.24, 2.45) is 5.73 Å². The van der Waals surface area contributed by atoms with E-state index in [1.807, 2.05) is 24.5 Å². The van der Waals surface area contributed by atoms with Gasteiger partial charge in [-0.1, -0.05) is 0 Å². The van der Waals surface area contributed by atoms with Gasteiger partial charge in [0, 0.05) is 17.6 Å². The minimum atomic E-state index is -0.754. The minimum absolute atomic E-state index is 0.155. The number of amides is 1. The van der Waals surface area contributed by atoms with Crippen molar-refractivity contribution >= 4 is 22.6 Å². The second-order valence-electron chi connectivity index (χ2n) is 5.69. The summed E-state index contributed by atoms with van der Waals surface area (Å²) < 4.78 is 1.86. The number of carbonyl (C=O) groups excluding carboxylic acids is 1. The van der Waals surface area contributed by atoms with Crippen LogP contribution in [0.3, 0.4) is 0 Å². The molecule has 0 aliphatic rings. The summed E-state index contributed by atoms with van der Waals surface area (Å²) in [5.74, 6) is 0.0979. The monoisotopic (exact) mass is 276 g/mol. The molecule has 0 radical (unpaired) electrons. The number of carbonyl (C=O) groups is 1. The number of nitrogens with two attached hydrogens (primary N) is 2. The number of hydrogen-bond donors (Lipinski definition) is 3. The molecule has 0 saturated carbocycles. The van der Waals surface area contributed by atoms with Crippen LogP contribution in [0.15, 0.2) is 18.2 Å². The Hall–Kier alpha value is -2.08.